The van der Waals surface area contributed by atoms with Crippen LogP contribution in [0.15, 0.2) is 16.8 Å². The van der Waals surface area contributed by atoms with E-state index in [4.69, 9.17) is 4.52 Å². The summed E-state index contributed by atoms with van der Waals surface area (Å²) in [7, 11) is 0. The summed E-state index contributed by atoms with van der Waals surface area (Å²) in [6.45, 7) is 2.01. The number of aromatic nitrogens is 2. The van der Waals surface area contributed by atoms with Crippen molar-refractivity contribution in [2.45, 2.75) is 6.92 Å². The van der Waals surface area contributed by atoms with Gasteiger partial charge in [0.25, 0.3) is 5.71 Å². The van der Waals surface area contributed by atoms with E-state index < -0.39 is 0 Å². The number of nitrogens with zero attached hydrogens (tertiary/aromatic N) is 1. The molecule has 0 fully saturated rings. The molecule has 0 atom stereocenters. The van der Waals surface area contributed by atoms with E-state index in [2.05, 4.69) is 10.1 Å². The van der Waals surface area contributed by atoms with E-state index in [-0.39, 0.29) is 0 Å². The van der Waals surface area contributed by atoms with Crippen LogP contribution in [0.2, 0.25) is 0 Å². The highest BCUT2D eigenvalue weighted by atomic mass is 16.5. The molecule has 2 rings (SSSR count). The molecule has 0 bridgehead atoms. The van der Waals surface area contributed by atoms with Crippen molar-refractivity contribution in [3.8, 4) is 0 Å². The molecule has 0 unspecified atom stereocenters. The fourth-order valence-corrected chi connectivity index (χ4v) is 0.788. The highest BCUT2D eigenvalue weighted by molar-refractivity contribution is 5.72. The molecular formula is C6H6N2O. The zero-order valence-electron chi connectivity index (χ0n) is 5.01. The Hall–Kier alpha value is -1.25. The van der Waals surface area contributed by atoms with E-state index in [1.54, 1.807) is 6.20 Å². The van der Waals surface area contributed by atoms with Crippen LogP contribution in [0.1, 0.15) is 5.56 Å². The Kier molecular flexibility index (Phi) is 0.704. The number of hydrogen-bond donors (Lipinski definition) is 1. The average Bonchev–Trinajstić information content (AvgIpc) is 1.74. The Labute approximate surface area is 51.7 Å². The second kappa shape index (κ2) is 1.37. The second-order valence-corrected chi connectivity index (χ2v) is 2.01. The Bertz CT molecular complexity index is 320. The third-order valence-corrected chi connectivity index (χ3v) is 1.37. The lowest BCUT2D eigenvalue weighted by Crippen LogP contribution is -1.88. The summed E-state index contributed by atoms with van der Waals surface area (Å²) in [6, 6.07) is 1.94. The lowest BCUT2D eigenvalue weighted by atomic mass is 10.3. The first-order valence-electron chi connectivity index (χ1n) is 2.76. The van der Waals surface area contributed by atoms with Gasteiger partial charge in [-0.05, 0) is 18.6 Å². The predicted octanol–water partition coefficient (Wildman–Crippen LogP) is 1.46. The molecule has 0 radical (unpaired) electrons. The third-order valence-electron chi connectivity index (χ3n) is 1.37. The number of pyridine rings is 1. The molecular weight excluding hydrogens is 116 g/mol. The monoisotopic (exact) mass is 122 g/mol. The Morgan fingerprint density at radius 1 is 1.67 bits per heavy atom. The zero-order valence-corrected chi connectivity index (χ0v) is 5.01. The molecule has 0 aliphatic rings. The minimum absolute atomic E-state index is 0.704. The molecule has 2 aromatic rings. The molecule has 0 saturated heterocycles. The van der Waals surface area contributed by atoms with Gasteiger partial charge in [0.15, 0.2) is 0 Å². The Balaban J connectivity index is 2.86. The van der Waals surface area contributed by atoms with Crippen molar-refractivity contribution in [2.24, 2.45) is 0 Å². The summed E-state index contributed by atoms with van der Waals surface area (Å²) in [6.07, 6.45) is 1.73. The van der Waals surface area contributed by atoms with E-state index >= 15 is 0 Å². The minimum Gasteiger partial charge on any atom is -0.359 e. The first-order chi connectivity index (χ1) is 4.38. The summed E-state index contributed by atoms with van der Waals surface area (Å²) in [4.78, 5) is 3.94. The van der Waals surface area contributed by atoms with Gasteiger partial charge in [-0.1, -0.05) is 0 Å². The van der Waals surface area contributed by atoms with E-state index in [9.17, 15) is 0 Å². The van der Waals surface area contributed by atoms with Crippen LogP contribution in [-0.2, 0) is 0 Å². The van der Waals surface area contributed by atoms with Crippen molar-refractivity contribution < 1.29 is 4.52 Å². The van der Waals surface area contributed by atoms with Gasteiger partial charge >= 0.3 is 0 Å². The summed E-state index contributed by atoms with van der Waals surface area (Å²) in [5.74, 6) is 0. The first kappa shape index (κ1) is 4.61. The van der Waals surface area contributed by atoms with Crippen LogP contribution < -0.4 is 0 Å². The number of H-pyrrole nitrogens is 1. The molecule has 0 saturated carbocycles. The van der Waals surface area contributed by atoms with Gasteiger partial charge in [0.1, 0.15) is 5.52 Å². The highest BCUT2D eigenvalue weighted by Crippen LogP contribution is 2.13. The molecule has 2 heterocycles. The maximum absolute atomic E-state index is 4.80. The number of aryl methyl sites for hydroxylation is 1. The molecule has 1 N–H and O–H groups in total. The number of nitrogens with one attached hydrogen (secondary N) is 1. The maximum atomic E-state index is 4.80. The van der Waals surface area contributed by atoms with Crippen LogP contribution in [0.5, 0.6) is 0 Å². The normalized spacial score (nSPS) is 10.8. The summed E-state index contributed by atoms with van der Waals surface area (Å²) >= 11 is 0. The molecule has 0 aliphatic carbocycles. The largest absolute Gasteiger partial charge is 0.359 e. The molecule has 0 aromatic carbocycles. The van der Waals surface area contributed by atoms with Crippen molar-refractivity contribution >= 4 is 11.2 Å². The van der Waals surface area contributed by atoms with E-state index in [0.29, 0.717) is 5.71 Å². The molecule has 9 heavy (non-hydrogen) atoms. The van der Waals surface area contributed by atoms with Gasteiger partial charge in [-0.3, -0.25) is 0 Å². The number of hydrogen-bond acceptors (Lipinski definition) is 2. The SMILES string of the molecule is Cc1ccnc2o[nH]c12. The molecule has 0 spiro atoms. The lowest BCUT2D eigenvalue weighted by Gasteiger charge is -2.00. The summed E-state index contributed by atoms with van der Waals surface area (Å²) in [5, 5.41) is 2.69. The lowest BCUT2D eigenvalue weighted by molar-refractivity contribution is 0.414. The quantitative estimate of drug-likeness (QED) is 0.574. The van der Waals surface area contributed by atoms with Crippen LogP contribution >= 0.6 is 0 Å². The van der Waals surface area contributed by atoms with Gasteiger partial charge < -0.3 is 4.52 Å². The number of rotatable bonds is 0. The molecule has 3 nitrogen and oxygen atoms in total. The standard InChI is InChI=1S/C6H6N2O/c1-4-2-3-7-6-5(4)8-9-6/h2-3,8H,1H3. The van der Waals surface area contributed by atoms with Crippen LogP contribution in [-0.4, -0.2) is 10.1 Å². The van der Waals surface area contributed by atoms with Gasteiger partial charge in [-0.2, -0.15) is 0 Å². The second-order valence-electron chi connectivity index (χ2n) is 2.01. The van der Waals surface area contributed by atoms with Crippen molar-refractivity contribution in [2.75, 3.05) is 0 Å². The number of aromatic amines is 1. The summed E-state index contributed by atoms with van der Waals surface area (Å²) < 4.78 is 4.80. The average molecular weight is 122 g/mol. The van der Waals surface area contributed by atoms with E-state index in [1.165, 1.54) is 5.56 Å². The van der Waals surface area contributed by atoms with Gasteiger partial charge in [-0.25, -0.2) is 10.1 Å². The zero-order chi connectivity index (χ0) is 6.27. The van der Waals surface area contributed by atoms with Crippen molar-refractivity contribution in [3.05, 3.63) is 17.8 Å². The third kappa shape index (κ3) is 0.483. The number of fused-ring (bicyclic) bond motifs is 1. The molecule has 3 heteroatoms. The first-order valence-corrected chi connectivity index (χ1v) is 2.76. The fraction of sp³-hybridized carbons (Fsp3) is 0.167. The fourth-order valence-electron chi connectivity index (χ4n) is 0.788. The van der Waals surface area contributed by atoms with Crippen LogP contribution in [0.3, 0.4) is 0 Å². The van der Waals surface area contributed by atoms with E-state index in [0.717, 1.165) is 5.52 Å². The molecule has 46 valence electrons. The van der Waals surface area contributed by atoms with Crippen molar-refractivity contribution in [3.63, 3.8) is 0 Å². The molecule has 0 aliphatic heterocycles. The van der Waals surface area contributed by atoms with Crippen LogP contribution in [0, 0.1) is 6.92 Å². The smallest absolute Gasteiger partial charge is 0.272 e. The van der Waals surface area contributed by atoms with Gasteiger partial charge in [0.05, 0.1) is 0 Å². The Morgan fingerprint density at radius 3 is 3.00 bits per heavy atom. The predicted molar refractivity (Wildman–Crippen MR) is 33.1 cm³/mol. The topological polar surface area (TPSA) is 41.8 Å². The van der Waals surface area contributed by atoms with Crippen molar-refractivity contribution in [1.82, 2.24) is 10.1 Å². The van der Waals surface area contributed by atoms with Crippen molar-refractivity contribution in [1.29, 1.82) is 0 Å². The van der Waals surface area contributed by atoms with Crippen LogP contribution in [0.25, 0.3) is 11.2 Å². The minimum atomic E-state index is 0.704. The highest BCUT2D eigenvalue weighted by Gasteiger charge is 2.01. The van der Waals surface area contributed by atoms with Gasteiger partial charge in [0.2, 0.25) is 0 Å². The van der Waals surface area contributed by atoms with Crippen LogP contribution in [0.4, 0.5) is 0 Å². The van der Waals surface area contributed by atoms with Gasteiger partial charge in [0, 0.05) is 6.20 Å². The molecule has 0 amide bonds. The maximum Gasteiger partial charge on any atom is 0.272 e. The Morgan fingerprint density at radius 2 is 2.56 bits per heavy atom. The van der Waals surface area contributed by atoms with Gasteiger partial charge in [-0.15, -0.1) is 0 Å². The van der Waals surface area contributed by atoms with E-state index in [1.807, 2.05) is 13.0 Å². The molecule has 2 aromatic heterocycles. The summed E-state index contributed by atoms with van der Waals surface area (Å²) in [5.41, 5.74) is 2.89.